The molecule has 1 aliphatic rings. The molecule has 0 aromatic carbocycles. The quantitative estimate of drug-likeness (QED) is 0.472. The molecule has 1 rings (SSSR count). The van der Waals surface area contributed by atoms with E-state index >= 15 is 0 Å². The second-order valence-corrected chi connectivity index (χ2v) is 4.89. The maximum absolute atomic E-state index is 2.42. The second kappa shape index (κ2) is 5.47. The predicted octanol–water partition coefficient (Wildman–Crippen LogP) is 4.81. The zero-order valence-electron chi connectivity index (χ0n) is 10.3. The lowest BCUT2D eigenvalue weighted by Crippen LogP contribution is -2.21. The molecule has 0 radical (unpaired) electrons. The van der Waals surface area contributed by atoms with E-state index in [0.29, 0.717) is 5.41 Å². The van der Waals surface area contributed by atoms with Gasteiger partial charge in [0, 0.05) is 0 Å². The van der Waals surface area contributed by atoms with Crippen LogP contribution in [0.1, 0.15) is 60.8 Å². The van der Waals surface area contributed by atoms with Crippen molar-refractivity contribution in [3.63, 3.8) is 0 Å². The Morgan fingerprint density at radius 1 is 1.23 bits per heavy atom. The van der Waals surface area contributed by atoms with Crippen LogP contribution in [0.3, 0.4) is 0 Å². The highest BCUT2D eigenvalue weighted by atomic mass is 14.3. The van der Waals surface area contributed by atoms with Crippen molar-refractivity contribution < 1.29 is 0 Å². The van der Waals surface area contributed by atoms with Gasteiger partial charge in [0.05, 0.1) is 0 Å². The van der Waals surface area contributed by atoms with Gasteiger partial charge >= 0.3 is 0 Å². The molecular weight excluding hydrogens is 156 g/mol. The molecule has 0 amide bonds. The second-order valence-electron chi connectivity index (χ2n) is 4.89. The summed E-state index contributed by atoms with van der Waals surface area (Å²) in [7, 11) is 0. The van der Waals surface area contributed by atoms with Gasteiger partial charge in [0.25, 0.3) is 0 Å². The summed E-state index contributed by atoms with van der Waals surface area (Å²) in [6, 6.07) is 0. The lowest BCUT2D eigenvalue weighted by atomic mass is 9.73. The van der Waals surface area contributed by atoms with Crippen LogP contribution in [0, 0.1) is 11.3 Å². The Kier molecular flexibility index (Phi) is 5.36. The first-order valence-electron chi connectivity index (χ1n) is 5.66. The van der Waals surface area contributed by atoms with E-state index < -0.39 is 0 Å². The summed E-state index contributed by atoms with van der Waals surface area (Å²) in [6.45, 7) is 13.3. The molecular formula is C13H26. The Labute approximate surface area is 84.4 Å². The van der Waals surface area contributed by atoms with E-state index in [1.807, 2.05) is 13.8 Å². The van der Waals surface area contributed by atoms with Gasteiger partial charge in [-0.1, -0.05) is 46.3 Å². The lowest BCUT2D eigenvalue weighted by molar-refractivity contribution is 0.221. The molecule has 0 heterocycles. The van der Waals surface area contributed by atoms with Crippen LogP contribution in [0.25, 0.3) is 0 Å². The lowest BCUT2D eigenvalue weighted by Gasteiger charge is -2.32. The largest absolute Gasteiger partial charge is 0.0853 e. The highest BCUT2D eigenvalue weighted by Gasteiger charge is 2.24. The fourth-order valence-corrected chi connectivity index (χ4v) is 1.75. The fraction of sp³-hybridized carbons (Fsp3) is 0.846. The fourth-order valence-electron chi connectivity index (χ4n) is 1.75. The van der Waals surface area contributed by atoms with E-state index in [1.165, 1.54) is 19.3 Å². The van der Waals surface area contributed by atoms with Crippen LogP contribution < -0.4 is 0 Å². The van der Waals surface area contributed by atoms with Crippen molar-refractivity contribution in [1.29, 1.82) is 0 Å². The summed E-state index contributed by atoms with van der Waals surface area (Å²) >= 11 is 0. The standard InChI is InChI=1S/C11H20.C2H6/c1-9-5-7-10(8-6-9)11(2,3)4;1-2/h5,10H,6-8H2,1-4H3;1-2H3. The third kappa shape index (κ3) is 4.50. The average molecular weight is 182 g/mol. The minimum atomic E-state index is 0.511. The summed E-state index contributed by atoms with van der Waals surface area (Å²) in [5.74, 6) is 0.909. The van der Waals surface area contributed by atoms with Gasteiger partial charge in [-0.15, -0.1) is 0 Å². The van der Waals surface area contributed by atoms with Crippen LogP contribution in [0.2, 0.25) is 0 Å². The van der Waals surface area contributed by atoms with Crippen molar-refractivity contribution in [3.05, 3.63) is 11.6 Å². The average Bonchev–Trinajstić information content (AvgIpc) is 2.07. The summed E-state index contributed by atoms with van der Waals surface area (Å²) < 4.78 is 0. The molecule has 0 spiro atoms. The van der Waals surface area contributed by atoms with Crippen LogP contribution in [0.15, 0.2) is 11.6 Å². The van der Waals surface area contributed by atoms with Gasteiger partial charge in [0.15, 0.2) is 0 Å². The Morgan fingerprint density at radius 2 is 1.77 bits per heavy atom. The van der Waals surface area contributed by atoms with E-state index in [-0.39, 0.29) is 0 Å². The summed E-state index contributed by atoms with van der Waals surface area (Å²) in [4.78, 5) is 0. The molecule has 1 aliphatic carbocycles. The van der Waals surface area contributed by atoms with Crippen LogP contribution in [0.4, 0.5) is 0 Å². The first kappa shape index (κ1) is 12.7. The molecule has 0 N–H and O–H groups in total. The van der Waals surface area contributed by atoms with Crippen molar-refractivity contribution >= 4 is 0 Å². The molecule has 0 aromatic heterocycles. The Morgan fingerprint density at radius 3 is 2.08 bits per heavy atom. The third-order valence-corrected chi connectivity index (χ3v) is 2.86. The zero-order chi connectivity index (χ0) is 10.5. The number of hydrogen-bond acceptors (Lipinski definition) is 0. The highest BCUT2D eigenvalue weighted by molar-refractivity contribution is 5.04. The molecule has 0 aromatic rings. The van der Waals surface area contributed by atoms with Crippen molar-refractivity contribution in [2.75, 3.05) is 0 Å². The molecule has 1 unspecified atom stereocenters. The van der Waals surface area contributed by atoms with Crippen molar-refractivity contribution in [1.82, 2.24) is 0 Å². The Balaban J connectivity index is 0.000000671. The maximum atomic E-state index is 2.42. The van der Waals surface area contributed by atoms with Crippen LogP contribution >= 0.6 is 0 Å². The van der Waals surface area contributed by atoms with Gasteiger partial charge in [0.1, 0.15) is 0 Å². The van der Waals surface area contributed by atoms with Gasteiger partial charge in [-0.3, -0.25) is 0 Å². The zero-order valence-corrected chi connectivity index (χ0v) is 10.3. The van der Waals surface area contributed by atoms with E-state index in [4.69, 9.17) is 0 Å². The first-order chi connectivity index (χ1) is 6.00. The molecule has 78 valence electrons. The van der Waals surface area contributed by atoms with Crippen LogP contribution in [0.5, 0.6) is 0 Å². The summed E-state index contributed by atoms with van der Waals surface area (Å²) in [5.41, 5.74) is 2.10. The number of allylic oxidation sites excluding steroid dienone is 2. The number of hydrogen-bond donors (Lipinski definition) is 0. The van der Waals surface area contributed by atoms with Gasteiger partial charge in [-0.25, -0.2) is 0 Å². The van der Waals surface area contributed by atoms with Crippen LogP contribution in [-0.4, -0.2) is 0 Å². The topological polar surface area (TPSA) is 0 Å². The molecule has 0 aliphatic heterocycles. The Bertz CT molecular complexity index is 157. The smallest absolute Gasteiger partial charge is 0.0315 e. The van der Waals surface area contributed by atoms with E-state index in [9.17, 15) is 0 Å². The maximum Gasteiger partial charge on any atom is -0.0315 e. The molecule has 1 atom stereocenters. The van der Waals surface area contributed by atoms with Crippen molar-refractivity contribution in [2.45, 2.75) is 60.8 Å². The molecule has 0 heteroatoms. The molecule has 0 saturated heterocycles. The number of rotatable bonds is 0. The molecule has 0 nitrogen and oxygen atoms in total. The first-order valence-corrected chi connectivity index (χ1v) is 5.66. The van der Waals surface area contributed by atoms with E-state index in [1.54, 1.807) is 5.57 Å². The van der Waals surface area contributed by atoms with Gasteiger partial charge < -0.3 is 0 Å². The van der Waals surface area contributed by atoms with E-state index in [0.717, 1.165) is 5.92 Å². The normalized spacial score (nSPS) is 22.9. The van der Waals surface area contributed by atoms with Crippen molar-refractivity contribution in [2.24, 2.45) is 11.3 Å². The molecule has 13 heavy (non-hydrogen) atoms. The minimum Gasteiger partial charge on any atom is -0.0853 e. The monoisotopic (exact) mass is 182 g/mol. The third-order valence-electron chi connectivity index (χ3n) is 2.86. The Hall–Kier alpha value is -0.260. The van der Waals surface area contributed by atoms with E-state index in [2.05, 4.69) is 33.8 Å². The highest BCUT2D eigenvalue weighted by Crippen LogP contribution is 2.36. The van der Waals surface area contributed by atoms with Gasteiger partial charge in [-0.2, -0.15) is 0 Å². The van der Waals surface area contributed by atoms with Gasteiger partial charge in [0.2, 0.25) is 0 Å². The van der Waals surface area contributed by atoms with Crippen molar-refractivity contribution in [3.8, 4) is 0 Å². The van der Waals surface area contributed by atoms with Crippen LogP contribution in [-0.2, 0) is 0 Å². The molecule has 0 fully saturated rings. The predicted molar refractivity (Wildman–Crippen MR) is 61.9 cm³/mol. The van der Waals surface area contributed by atoms with Gasteiger partial charge in [-0.05, 0) is 37.5 Å². The molecule has 0 bridgehead atoms. The summed E-state index contributed by atoms with van der Waals surface area (Å²) in [5, 5.41) is 0. The molecule has 0 saturated carbocycles. The SMILES string of the molecule is CC.CC1=CCC(C(C)(C)C)CC1. The minimum absolute atomic E-state index is 0.511. The summed E-state index contributed by atoms with van der Waals surface area (Å²) in [6.07, 6.45) is 6.43.